The number of aliphatic carboxylic acids is 1. The van der Waals surface area contributed by atoms with Gasteiger partial charge in [-0.3, -0.25) is 14.3 Å². The SMILES string of the molecule is CCCN(CC(=O)O)C(=O)c1cnn(CC(C)C)c1C. The van der Waals surface area contributed by atoms with Gasteiger partial charge in [-0.05, 0) is 19.3 Å². The summed E-state index contributed by atoms with van der Waals surface area (Å²) in [6.07, 6.45) is 2.25. The molecule has 1 amide bonds. The van der Waals surface area contributed by atoms with Crippen molar-refractivity contribution in [1.29, 1.82) is 0 Å². The van der Waals surface area contributed by atoms with Gasteiger partial charge < -0.3 is 10.0 Å². The lowest BCUT2D eigenvalue weighted by Gasteiger charge is -2.19. The van der Waals surface area contributed by atoms with Gasteiger partial charge in [-0.15, -0.1) is 0 Å². The quantitative estimate of drug-likeness (QED) is 0.826. The number of carbonyl (C=O) groups is 2. The van der Waals surface area contributed by atoms with Gasteiger partial charge in [-0.25, -0.2) is 0 Å². The predicted molar refractivity (Wildman–Crippen MR) is 75.6 cm³/mol. The van der Waals surface area contributed by atoms with Crippen molar-refractivity contribution in [1.82, 2.24) is 14.7 Å². The molecule has 0 saturated heterocycles. The first-order valence-electron chi connectivity index (χ1n) is 6.90. The number of nitrogens with zero attached hydrogens (tertiary/aromatic N) is 3. The average molecular weight is 281 g/mol. The summed E-state index contributed by atoms with van der Waals surface area (Å²) in [7, 11) is 0. The molecular weight excluding hydrogens is 258 g/mol. The van der Waals surface area contributed by atoms with Crippen LogP contribution >= 0.6 is 0 Å². The van der Waals surface area contributed by atoms with Crippen LogP contribution < -0.4 is 0 Å². The highest BCUT2D eigenvalue weighted by Gasteiger charge is 2.22. The van der Waals surface area contributed by atoms with E-state index in [0.29, 0.717) is 18.0 Å². The van der Waals surface area contributed by atoms with Crippen molar-refractivity contribution < 1.29 is 14.7 Å². The minimum atomic E-state index is -1.00. The van der Waals surface area contributed by atoms with Crippen molar-refractivity contribution in [3.05, 3.63) is 17.5 Å². The third kappa shape index (κ3) is 4.08. The van der Waals surface area contributed by atoms with E-state index in [9.17, 15) is 9.59 Å². The van der Waals surface area contributed by atoms with Crippen molar-refractivity contribution in [3.8, 4) is 0 Å². The molecule has 6 heteroatoms. The second kappa shape index (κ2) is 7.07. The number of carboxylic acid groups (broad SMARTS) is 1. The topological polar surface area (TPSA) is 75.4 Å². The highest BCUT2D eigenvalue weighted by molar-refractivity contribution is 5.96. The monoisotopic (exact) mass is 281 g/mol. The largest absolute Gasteiger partial charge is 0.480 e. The lowest BCUT2D eigenvalue weighted by molar-refractivity contribution is -0.137. The van der Waals surface area contributed by atoms with Crippen LogP contribution in [0.3, 0.4) is 0 Å². The van der Waals surface area contributed by atoms with Crippen LogP contribution in [0, 0.1) is 12.8 Å². The minimum Gasteiger partial charge on any atom is -0.480 e. The first-order chi connectivity index (χ1) is 9.36. The van der Waals surface area contributed by atoms with Gasteiger partial charge in [-0.1, -0.05) is 20.8 Å². The molecule has 0 atom stereocenters. The Morgan fingerprint density at radius 3 is 2.60 bits per heavy atom. The molecular formula is C14H23N3O3. The van der Waals surface area contributed by atoms with Gasteiger partial charge in [0.1, 0.15) is 6.54 Å². The third-order valence-electron chi connectivity index (χ3n) is 2.98. The van der Waals surface area contributed by atoms with Crippen molar-refractivity contribution in [2.45, 2.75) is 40.7 Å². The summed E-state index contributed by atoms with van der Waals surface area (Å²) in [6, 6.07) is 0. The fourth-order valence-corrected chi connectivity index (χ4v) is 2.04. The van der Waals surface area contributed by atoms with Gasteiger partial charge in [-0.2, -0.15) is 5.10 Å². The molecule has 0 spiro atoms. The Balaban J connectivity index is 2.94. The Kier molecular flexibility index (Phi) is 5.73. The van der Waals surface area contributed by atoms with Gasteiger partial charge in [0.15, 0.2) is 0 Å². The average Bonchev–Trinajstić information content (AvgIpc) is 2.68. The molecule has 0 aliphatic carbocycles. The Hall–Kier alpha value is -1.85. The summed E-state index contributed by atoms with van der Waals surface area (Å²) in [4.78, 5) is 24.6. The second-order valence-electron chi connectivity index (χ2n) is 5.34. The van der Waals surface area contributed by atoms with Crippen LogP contribution in [-0.2, 0) is 11.3 Å². The Morgan fingerprint density at radius 2 is 2.10 bits per heavy atom. The molecule has 0 aliphatic rings. The van der Waals surface area contributed by atoms with E-state index in [2.05, 4.69) is 18.9 Å². The van der Waals surface area contributed by atoms with Crippen LogP contribution in [0.4, 0.5) is 0 Å². The van der Waals surface area contributed by atoms with E-state index < -0.39 is 5.97 Å². The van der Waals surface area contributed by atoms with Crippen LogP contribution in [0.1, 0.15) is 43.2 Å². The highest BCUT2D eigenvalue weighted by Crippen LogP contribution is 2.13. The molecule has 0 aromatic carbocycles. The Labute approximate surface area is 119 Å². The number of carboxylic acids is 1. The second-order valence-corrected chi connectivity index (χ2v) is 5.34. The molecule has 0 saturated carbocycles. The van der Waals surface area contributed by atoms with Crippen LogP contribution in [0.25, 0.3) is 0 Å². The molecule has 112 valence electrons. The first-order valence-corrected chi connectivity index (χ1v) is 6.90. The Bertz CT molecular complexity index is 480. The van der Waals surface area contributed by atoms with Gasteiger partial charge in [0, 0.05) is 18.8 Å². The molecule has 0 aliphatic heterocycles. The fourth-order valence-electron chi connectivity index (χ4n) is 2.04. The van der Waals surface area contributed by atoms with E-state index in [1.807, 2.05) is 13.8 Å². The number of rotatable bonds is 7. The number of hydrogen-bond acceptors (Lipinski definition) is 3. The maximum absolute atomic E-state index is 12.4. The lowest BCUT2D eigenvalue weighted by atomic mass is 10.2. The smallest absolute Gasteiger partial charge is 0.323 e. The fraction of sp³-hybridized carbons (Fsp3) is 0.643. The third-order valence-corrected chi connectivity index (χ3v) is 2.98. The van der Waals surface area contributed by atoms with E-state index in [0.717, 1.165) is 18.7 Å². The maximum atomic E-state index is 12.4. The van der Waals surface area contributed by atoms with Crippen molar-refractivity contribution in [2.75, 3.05) is 13.1 Å². The molecule has 1 aromatic heterocycles. The zero-order valence-electron chi connectivity index (χ0n) is 12.6. The Morgan fingerprint density at radius 1 is 1.45 bits per heavy atom. The van der Waals surface area contributed by atoms with Crippen LogP contribution in [0.5, 0.6) is 0 Å². The molecule has 0 fully saturated rings. The van der Waals surface area contributed by atoms with Crippen LogP contribution in [-0.4, -0.2) is 44.8 Å². The maximum Gasteiger partial charge on any atom is 0.323 e. The molecule has 1 heterocycles. The molecule has 0 unspecified atom stereocenters. The molecule has 0 radical (unpaired) electrons. The summed E-state index contributed by atoms with van der Waals surface area (Å²) in [5.74, 6) is -0.830. The van der Waals surface area contributed by atoms with E-state index in [1.165, 1.54) is 11.1 Å². The van der Waals surface area contributed by atoms with E-state index in [4.69, 9.17) is 5.11 Å². The first kappa shape index (κ1) is 16.2. The summed E-state index contributed by atoms with van der Waals surface area (Å²) in [6.45, 7) is 8.81. The number of aromatic nitrogens is 2. The molecule has 0 bridgehead atoms. The highest BCUT2D eigenvalue weighted by atomic mass is 16.4. The zero-order valence-corrected chi connectivity index (χ0v) is 12.6. The predicted octanol–water partition coefficient (Wildman–Crippen LogP) is 1.78. The number of amides is 1. The van der Waals surface area contributed by atoms with E-state index >= 15 is 0 Å². The zero-order chi connectivity index (χ0) is 15.3. The summed E-state index contributed by atoms with van der Waals surface area (Å²) in [5, 5.41) is 13.1. The van der Waals surface area contributed by atoms with Gasteiger partial charge in [0.25, 0.3) is 5.91 Å². The molecule has 6 nitrogen and oxygen atoms in total. The lowest BCUT2D eigenvalue weighted by Crippen LogP contribution is -2.36. The molecule has 20 heavy (non-hydrogen) atoms. The standard InChI is InChI=1S/C14H23N3O3/c1-5-6-16(9-13(18)19)14(20)12-7-15-17(11(12)4)8-10(2)3/h7,10H,5-6,8-9H2,1-4H3,(H,18,19). The summed E-state index contributed by atoms with van der Waals surface area (Å²) < 4.78 is 1.79. The molecule has 1 N–H and O–H groups in total. The van der Waals surface area contributed by atoms with Crippen molar-refractivity contribution in [3.63, 3.8) is 0 Å². The van der Waals surface area contributed by atoms with Crippen molar-refractivity contribution >= 4 is 11.9 Å². The number of carbonyl (C=O) groups excluding carboxylic acids is 1. The van der Waals surface area contributed by atoms with Gasteiger partial charge >= 0.3 is 5.97 Å². The van der Waals surface area contributed by atoms with Crippen molar-refractivity contribution in [2.24, 2.45) is 5.92 Å². The van der Waals surface area contributed by atoms with Crippen LogP contribution in [0.15, 0.2) is 6.20 Å². The van der Waals surface area contributed by atoms with Crippen LogP contribution in [0.2, 0.25) is 0 Å². The van der Waals surface area contributed by atoms with E-state index in [1.54, 1.807) is 4.68 Å². The minimum absolute atomic E-state index is 0.262. The number of hydrogen-bond donors (Lipinski definition) is 1. The molecule has 1 rings (SSSR count). The van der Waals surface area contributed by atoms with E-state index in [-0.39, 0.29) is 12.5 Å². The summed E-state index contributed by atoms with van der Waals surface area (Å²) >= 11 is 0. The normalized spacial score (nSPS) is 10.8. The van der Waals surface area contributed by atoms with Gasteiger partial charge in [0.2, 0.25) is 0 Å². The summed E-state index contributed by atoms with van der Waals surface area (Å²) in [5.41, 5.74) is 1.27. The van der Waals surface area contributed by atoms with Gasteiger partial charge in [0.05, 0.1) is 11.8 Å². The molecule has 1 aromatic rings.